The topological polar surface area (TPSA) is 40.5 Å². The Bertz CT molecular complexity index is 313. The standard InChI is InChI=1S/C14H25NO2/c1-13(2)7-4-6-11(10-13)15-9-5-8-14(15,3)12(16)17/h11H,4-10H2,1-3H3,(H,16,17). The highest BCUT2D eigenvalue weighted by Crippen LogP contribution is 2.42. The van der Waals surface area contributed by atoms with Crippen molar-refractivity contribution in [2.75, 3.05) is 6.54 Å². The van der Waals surface area contributed by atoms with E-state index in [4.69, 9.17) is 0 Å². The molecule has 2 rings (SSSR count). The lowest BCUT2D eigenvalue weighted by atomic mass is 9.74. The molecule has 1 saturated carbocycles. The molecular weight excluding hydrogens is 214 g/mol. The summed E-state index contributed by atoms with van der Waals surface area (Å²) in [5, 5.41) is 9.46. The molecule has 1 aliphatic heterocycles. The van der Waals surface area contributed by atoms with E-state index in [9.17, 15) is 9.90 Å². The summed E-state index contributed by atoms with van der Waals surface area (Å²) < 4.78 is 0. The van der Waals surface area contributed by atoms with Gasteiger partial charge in [0, 0.05) is 6.04 Å². The maximum absolute atomic E-state index is 11.5. The van der Waals surface area contributed by atoms with Gasteiger partial charge in [0.05, 0.1) is 0 Å². The van der Waals surface area contributed by atoms with Crippen LogP contribution >= 0.6 is 0 Å². The number of hydrogen-bond donors (Lipinski definition) is 1. The molecule has 0 aromatic carbocycles. The smallest absolute Gasteiger partial charge is 0.323 e. The van der Waals surface area contributed by atoms with Gasteiger partial charge >= 0.3 is 5.97 Å². The summed E-state index contributed by atoms with van der Waals surface area (Å²) >= 11 is 0. The van der Waals surface area contributed by atoms with Crippen LogP contribution in [0.2, 0.25) is 0 Å². The van der Waals surface area contributed by atoms with Crippen molar-refractivity contribution >= 4 is 5.97 Å². The highest BCUT2D eigenvalue weighted by molar-refractivity contribution is 5.78. The second-order valence-electron chi connectivity index (χ2n) is 6.79. The first-order valence-corrected chi connectivity index (χ1v) is 6.85. The molecule has 3 nitrogen and oxygen atoms in total. The van der Waals surface area contributed by atoms with Crippen LogP contribution in [-0.2, 0) is 4.79 Å². The Morgan fingerprint density at radius 3 is 2.53 bits per heavy atom. The monoisotopic (exact) mass is 239 g/mol. The van der Waals surface area contributed by atoms with Crippen LogP contribution < -0.4 is 0 Å². The summed E-state index contributed by atoms with van der Waals surface area (Å²) in [6.45, 7) is 7.49. The third-order valence-corrected chi connectivity index (χ3v) is 4.78. The quantitative estimate of drug-likeness (QED) is 0.805. The van der Waals surface area contributed by atoms with E-state index >= 15 is 0 Å². The van der Waals surface area contributed by atoms with Crippen molar-refractivity contribution in [2.24, 2.45) is 5.41 Å². The van der Waals surface area contributed by atoms with Gasteiger partial charge in [-0.15, -0.1) is 0 Å². The van der Waals surface area contributed by atoms with Gasteiger partial charge < -0.3 is 5.11 Å². The van der Waals surface area contributed by atoms with Gasteiger partial charge in [0.1, 0.15) is 5.54 Å². The van der Waals surface area contributed by atoms with Crippen LogP contribution in [0.3, 0.4) is 0 Å². The van der Waals surface area contributed by atoms with Gasteiger partial charge in [-0.3, -0.25) is 9.69 Å². The highest BCUT2D eigenvalue weighted by atomic mass is 16.4. The third-order valence-electron chi connectivity index (χ3n) is 4.78. The number of carboxylic acid groups (broad SMARTS) is 1. The molecule has 17 heavy (non-hydrogen) atoms. The largest absolute Gasteiger partial charge is 0.480 e. The first kappa shape index (κ1) is 12.9. The van der Waals surface area contributed by atoms with Gasteiger partial charge in [0.15, 0.2) is 0 Å². The van der Waals surface area contributed by atoms with Gasteiger partial charge in [-0.05, 0) is 51.0 Å². The van der Waals surface area contributed by atoms with E-state index in [1.807, 2.05) is 6.92 Å². The Kier molecular flexibility index (Phi) is 3.23. The van der Waals surface area contributed by atoms with E-state index < -0.39 is 11.5 Å². The molecule has 1 N–H and O–H groups in total. The van der Waals surface area contributed by atoms with E-state index in [0.29, 0.717) is 11.5 Å². The maximum atomic E-state index is 11.5. The maximum Gasteiger partial charge on any atom is 0.323 e. The predicted molar refractivity (Wildman–Crippen MR) is 68.0 cm³/mol. The minimum absolute atomic E-state index is 0.380. The number of carbonyl (C=O) groups is 1. The lowest BCUT2D eigenvalue weighted by Crippen LogP contribution is -2.54. The van der Waals surface area contributed by atoms with Crippen molar-refractivity contribution < 1.29 is 9.90 Å². The van der Waals surface area contributed by atoms with Gasteiger partial charge in [-0.2, -0.15) is 0 Å². The molecule has 1 aliphatic carbocycles. The Labute approximate surface area is 104 Å². The van der Waals surface area contributed by atoms with Crippen LogP contribution in [0.1, 0.15) is 59.3 Å². The van der Waals surface area contributed by atoms with Crippen molar-refractivity contribution in [3.8, 4) is 0 Å². The molecule has 0 aromatic heterocycles. The normalized spacial score (nSPS) is 38.2. The molecule has 0 spiro atoms. The van der Waals surface area contributed by atoms with Crippen molar-refractivity contribution in [2.45, 2.75) is 70.9 Å². The SMILES string of the molecule is CC1(C)CCCC(N2CCCC2(C)C(=O)O)C1. The molecule has 2 unspecified atom stereocenters. The lowest BCUT2D eigenvalue weighted by Gasteiger charge is -2.44. The third kappa shape index (κ3) is 2.35. The average Bonchev–Trinajstić information content (AvgIpc) is 2.60. The van der Waals surface area contributed by atoms with Crippen LogP contribution in [0.25, 0.3) is 0 Å². The highest BCUT2D eigenvalue weighted by Gasteiger charge is 2.47. The summed E-state index contributed by atoms with van der Waals surface area (Å²) in [5.41, 5.74) is -0.233. The van der Waals surface area contributed by atoms with Crippen molar-refractivity contribution in [1.82, 2.24) is 4.90 Å². The molecule has 2 atom stereocenters. The average molecular weight is 239 g/mol. The zero-order valence-electron chi connectivity index (χ0n) is 11.3. The van der Waals surface area contributed by atoms with Crippen LogP contribution in [0.15, 0.2) is 0 Å². The van der Waals surface area contributed by atoms with Crippen molar-refractivity contribution in [1.29, 1.82) is 0 Å². The summed E-state index contributed by atoms with van der Waals surface area (Å²) in [6.07, 6.45) is 6.67. The second-order valence-corrected chi connectivity index (χ2v) is 6.79. The number of rotatable bonds is 2. The Morgan fingerprint density at radius 1 is 1.24 bits per heavy atom. The Balaban J connectivity index is 2.14. The summed E-state index contributed by atoms with van der Waals surface area (Å²) in [5.74, 6) is -0.640. The van der Waals surface area contributed by atoms with Crippen molar-refractivity contribution in [3.05, 3.63) is 0 Å². The molecule has 2 aliphatic rings. The molecule has 98 valence electrons. The molecule has 1 saturated heterocycles. The summed E-state index contributed by atoms with van der Waals surface area (Å²) in [4.78, 5) is 13.8. The fourth-order valence-electron chi connectivity index (χ4n) is 3.72. The Hall–Kier alpha value is -0.570. The number of hydrogen-bond acceptors (Lipinski definition) is 2. The van der Waals surface area contributed by atoms with Crippen LogP contribution in [0.5, 0.6) is 0 Å². The molecule has 1 heterocycles. The van der Waals surface area contributed by atoms with Crippen LogP contribution in [0, 0.1) is 5.41 Å². The van der Waals surface area contributed by atoms with Gasteiger partial charge in [-0.1, -0.05) is 20.3 Å². The van der Waals surface area contributed by atoms with E-state index in [2.05, 4.69) is 18.7 Å². The van der Waals surface area contributed by atoms with E-state index in [-0.39, 0.29) is 0 Å². The number of carboxylic acids is 1. The second kappa shape index (κ2) is 4.27. The molecule has 2 fully saturated rings. The minimum Gasteiger partial charge on any atom is -0.480 e. The number of nitrogens with zero attached hydrogens (tertiary/aromatic N) is 1. The molecule has 0 radical (unpaired) electrons. The number of likely N-dealkylation sites (tertiary alicyclic amines) is 1. The Morgan fingerprint density at radius 2 is 1.94 bits per heavy atom. The van der Waals surface area contributed by atoms with E-state index in [0.717, 1.165) is 25.8 Å². The van der Waals surface area contributed by atoms with Gasteiger partial charge in [0.2, 0.25) is 0 Å². The van der Waals surface area contributed by atoms with Crippen LogP contribution in [-0.4, -0.2) is 34.1 Å². The zero-order valence-corrected chi connectivity index (χ0v) is 11.3. The molecule has 0 aromatic rings. The molecule has 3 heteroatoms. The molecular formula is C14H25NO2. The first-order chi connectivity index (χ1) is 7.85. The van der Waals surface area contributed by atoms with Gasteiger partial charge in [-0.25, -0.2) is 0 Å². The molecule has 0 amide bonds. The van der Waals surface area contributed by atoms with E-state index in [1.165, 1.54) is 19.3 Å². The number of aliphatic carboxylic acids is 1. The molecule has 0 bridgehead atoms. The summed E-state index contributed by atoms with van der Waals surface area (Å²) in [7, 11) is 0. The van der Waals surface area contributed by atoms with Crippen LogP contribution in [0.4, 0.5) is 0 Å². The van der Waals surface area contributed by atoms with Crippen molar-refractivity contribution in [3.63, 3.8) is 0 Å². The first-order valence-electron chi connectivity index (χ1n) is 6.85. The minimum atomic E-state index is -0.640. The predicted octanol–water partition coefficient (Wildman–Crippen LogP) is 2.89. The van der Waals surface area contributed by atoms with Gasteiger partial charge in [0.25, 0.3) is 0 Å². The lowest BCUT2D eigenvalue weighted by molar-refractivity contribution is -0.150. The fraction of sp³-hybridized carbons (Fsp3) is 0.929. The van der Waals surface area contributed by atoms with E-state index in [1.54, 1.807) is 0 Å². The fourth-order valence-corrected chi connectivity index (χ4v) is 3.72. The summed E-state index contributed by atoms with van der Waals surface area (Å²) in [6, 6.07) is 0.474. The zero-order chi connectivity index (χ0) is 12.7.